The molecule has 0 atom stereocenters. The van der Waals surface area contributed by atoms with Crippen LogP contribution in [0.5, 0.6) is 0 Å². The molecule has 0 aliphatic rings. The smallest absolute Gasteiger partial charge is 0.00194 e. The van der Waals surface area contributed by atoms with Gasteiger partial charge < -0.3 is 0 Å². The van der Waals surface area contributed by atoms with Gasteiger partial charge in [-0.05, 0) is 63.1 Å². The Morgan fingerprint density at radius 3 is 1.23 bits per heavy atom. The van der Waals surface area contributed by atoms with Gasteiger partial charge in [0.25, 0.3) is 0 Å². The fourth-order valence-electron chi connectivity index (χ4n) is 4.21. The number of hydrogen-bond acceptors (Lipinski definition) is 0. The van der Waals surface area contributed by atoms with Gasteiger partial charge in [0, 0.05) is 0 Å². The Morgan fingerprint density at radius 2 is 0.742 bits per heavy atom. The molecule has 0 N–H and O–H groups in total. The normalized spacial score (nSPS) is 10.7. The molecule has 0 spiro atoms. The van der Waals surface area contributed by atoms with E-state index in [4.69, 9.17) is 0 Å². The second-order valence-electron chi connectivity index (χ2n) is 7.82. The SMILES string of the molecule is c1ccc(Cc2cc(-c3ccccc3)c(-c3ccccc3)cc2-c2ccccc2)cc1. The van der Waals surface area contributed by atoms with Crippen LogP contribution in [-0.2, 0) is 6.42 Å². The van der Waals surface area contributed by atoms with Crippen molar-refractivity contribution in [3.63, 3.8) is 0 Å². The Hall–Kier alpha value is -3.90. The fourth-order valence-corrected chi connectivity index (χ4v) is 4.21. The second-order valence-corrected chi connectivity index (χ2v) is 7.82. The predicted molar refractivity (Wildman–Crippen MR) is 132 cm³/mol. The molecule has 0 saturated heterocycles. The van der Waals surface area contributed by atoms with Gasteiger partial charge >= 0.3 is 0 Å². The number of hydrogen-bond donors (Lipinski definition) is 0. The van der Waals surface area contributed by atoms with Gasteiger partial charge in [-0.15, -0.1) is 0 Å². The van der Waals surface area contributed by atoms with Crippen LogP contribution in [0, 0.1) is 0 Å². The molecule has 148 valence electrons. The highest BCUT2D eigenvalue weighted by Crippen LogP contribution is 2.38. The molecule has 5 rings (SSSR count). The van der Waals surface area contributed by atoms with Crippen molar-refractivity contribution in [1.82, 2.24) is 0 Å². The van der Waals surface area contributed by atoms with Crippen molar-refractivity contribution < 1.29 is 0 Å². The van der Waals surface area contributed by atoms with E-state index in [1.807, 2.05) is 0 Å². The molecule has 0 radical (unpaired) electrons. The maximum absolute atomic E-state index is 2.40. The van der Waals surface area contributed by atoms with E-state index in [2.05, 4.69) is 133 Å². The van der Waals surface area contributed by atoms with Crippen LogP contribution in [0.1, 0.15) is 11.1 Å². The summed E-state index contributed by atoms with van der Waals surface area (Å²) in [6.07, 6.45) is 0.903. The van der Waals surface area contributed by atoms with Crippen LogP contribution in [0.25, 0.3) is 33.4 Å². The summed E-state index contributed by atoms with van der Waals surface area (Å²) < 4.78 is 0. The van der Waals surface area contributed by atoms with E-state index in [1.54, 1.807) is 0 Å². The molecule has 0 saturated carbocycles. The van der Waals surface area contributed by atoms with Crippen molar-refractivity contribution in [2.24, 2.45) is 0 Å². The first-order valence-corrected chi connectivity index (χ1v) is 10.8. The van der Waals surface area contributed by atoms with Crippen LogP contribution in [0.4, 0.5) is 0 Å². The molecule has 0 fully saturated rings. The molecular formula is C31H24. The van der Waals surface area contributed by atoms with E-state index in [0.717, 1.165) is 6.42 Å². The van der Waals surface area contributed by atoms with Crippen molar-refractivity contribution >= 4 is 0 Å². The third-order valence-corrected chi connectivity index (χ3v) is 5.74. The summed E-state index contributed by atoms with van der Waals surface area (Å²) in [4.78, 5) is 0. The summed E-state index contributed by atoms with van der Waals surface area (Å²) >= 11 is 0. The van der Waals surface area contributed by atoms with Crippen LogP contribution >= 0.6 is 0 Å². The molecule has 0 aliphatic carbocycles. The molecule has 0 unspecified atom stereocenters. The zero-order valence-electron chi connectivity index (χ0n) is 17.4. The van der Waals surface area contributed by atoms with Gasteiger partial charge in [0.1, 0.15) is 0 Å². The highest BCUT2D eigenvalue weighted by Gasteiger charge is 2.15. The summed E-state index contributed by atoms with van der Waals surface area (Å²) in [5.74, 6) is 0. The first kappa shape index (κ1) is 19.1. The van der Waals surface area contributed by atoms with Crippen LogP contribution < -0.4 is 0 Å². The van der Waals surface area contributed by atoms with Crippen LogP contribution in [-0.4, -0.2) is 0 Å². The highest BCUT2D eigenvalue weighted by atomic mass is 14.2. The average Bonchev–Trinajstić information content (AvgIpc) is 2.86. The van der Waals surface area contributed by atoms with Crippen molar-refractivity contribution in [3.05, 3.63) is 145 Å². The fraction of sp³-hybridized carbons (Fsp3) is 0.0323. The van der Waals surface area contributed by atoms with Gasteiger partial charge in [-0.25, -0.2) is 0 Å². The first-order chi connectivity index (χ1) is 15.4. The Bertz CT molecular complexity index is 1260. The van der Waals surface area contributed by atoms with Crippen molar-refractivity contribution in [3.8, 4) is 33.4 Å². The van der Waals surface area contributed by atoms with Gasteiger partial charge in [-0.1, -0.05) is 121 Å². The largest absolute Gasteiger partial charge is 0.0622 e. The van der Waals surface area contributed by atoms with E-state index >= 15 is 0 Å². The predicted octanol–water partition coefficient (Wildman–Crippen LogP) is 8.28. The minimum Gasteiger partial charge on any atom is -0.0622 e. The van der Waals surface area contributed by atoms with Gasteiger partial charge in [0.2, 0.25) is 0 Å². The van der Waals surface area contributed by atoms with E-state index in [0.29, 0.717) is 0 Å². The summed E-state index contributed by atoms with van der Waals surface area (Å²) in [5.41, 5.74) is 10.2. The lowest BCUT2D eigenvalue weighted by molar-refractivity contribution is 1.20. The topological polar surface area (TPSA) is 0 Å². The molecule has 0 aromatic heterocycles. The number of benzene rings is 5. The van der Waals surface area contributed by atoms with E-state index < -0.39 is 0 Å². The lowest BCUT2D eigenvalue weighted by atomic mass is 9.86. The third kappa shape index (κ3) is 4.20. The summed E-state index contributed by atoms with van der Waals surface area (Å²) in [6.45, 7) is 0. The number of rotatable bonds is 5. The lowest BCUT2D eigenvalue weighted by Gasteiger charge is -2.18. The second kappa shape index (κ2) is 8.85. The van der Waals surface area contributed by atoms with Gasteiger partial charge in [-0.2, -0.15) is 0 Å². The maximum atomic E-state index is 2.40. The highest BCUT2D eigenvalue weighted by molar-refractivity contribution is 5.88. The molecule has 5 aromatic carbocycles. The van der Waals surface area contributed by atoms with Crippen LogP contribution in [0.2, 0.25) is 0 Å². The lowest BCUT2D eigenvalue weighted by Crippen LogP contribution is -1.96. The Balaban J connectivity index is 1.76. The van der Waals surface area contributed by atoms with Crippen LogP contribution in [0.3, 0.4) is 0 Å². The molecule has 0 bridgehead atoms. The standard InChI is InChI=1S/C31H24/c1-5-13-24(14-6-1)21-28-22-30(26-17-9-3-10-18-26)31(27-19-11-4-12-20-27)23-29(28)25-15-7-2-8-16-25/h1-20,22-23H,21H2. The van der Waals surface area contributed by atoms with Crippen LogP contribution in [0.15, 0.2) is 133 Å². The van der Waals surface area contributed by atoms with Gasteiger partial charge in [-0.3, -0.25) is 0 Å². The Labute approximate surface area is 184 Å². The monoisotopic (exact) mass is 396 g/mol. The quantitative estimate of drug-likeness (QED) is 0.280. The maximum Gasteiger partial charge on any atom is -0.00194 e. The summed E-state index contributed by atoms with van der Waals surface area (Å²) in [7, 11) is 0. The molecule has 5 aromatic rings. The summed E-state index contributed by atoms with van der Waals surface area (Å²) in [6, 6.07) is 47.7. The average molecular weight is 397 g/mol. The first-order valence-electron chi connectivity index (χ1n) is 10.8. The third-order valence-electron chi connectivity index (χ3n) is 5.74. The van der Waals surface area contributed by atoms with E-state index in [-0.39, 0.29) is 0 Å². The zero-order chi connectivity index (χ0) is 20.9. The van der Waals surface area contributed by atoms with Gasteiger partial charge in [0.05, 0.1) is 0 Å². The Morgan fingerprint density at radius 1 is 0.355 bits per heavy atom. The summed E-state index contributed by atoms with van der Waals surface area (Å²) in [5, 5.41) is 0. The molecule has 0 heteroatoms. The molecule has 0 amide bonds. The Kier molecular flexibility index (Phi) is 5.45. The van der Waals surface area contributed by atoms with E-state index in [1.165, 1.54) is 44.5 Å². The minimum absolute atomic E-state index is 0.903. The molecule has 0 heterocycles. The molecule has 31 heavy (non-hydrogen) atoms. The van der Waals surface area contributed by atoms with E-state index in [9.17, 15) is 0 Å². The van der Waals surface area contributed by atoms with Crippen molar-refractivity contribution in [1.29, 1.82) is 0 Å². The van der Waals surface area contributed by atoms with Gasteiger partial charge in [0.15, 0.2) is 0 Å². The molecular weight excluding hydrogens is 372 g/mol. The van der Waals surface area contributed by atoms with Crippen molar-refractivity contribution in [2.75, 3.05) is 0 Å². The molecule has 0 aliphatic heterocycles. The zero-order valence-corrected chi connectivity index (χ0v) is 17.4. The minimum atomic E-state index is 0.903. The van der Waals surface area contributed by atoms with Crippen molar-refractivity contribution in [2.45, 2.75) is 6.42 Å². The molecule has 0 nitrogen and oxygen atoms in total.